The zero-order valence-corrected chi connectivity index (χ0v) is 22.1. The van der Waals surface area contributed by atoms with Gasteiger partial charge in [-0.3, -0.25) is 14.4 Å². The number of nitrogens with two attached hydrogens (primary N) is 1. The smallest absolute Gasteiger partial charge is 0.246 e. The van der Waals surface area contributed by atoms with E-state index >= 15 is 0 Å². The van der Waals surface area contributed by atoms with E-state index in [9.17, 15) is 14.4 Å². The summed E-state index contributed by atoms with van der Waals surface area (Å²) in [7, 11) is 0. The summed E-state index contributed by atoms with van der Waals surface area (Å²) in [5.41, 5.74) is 5.38. The van der Waals surface area contributed by atoms with E-state index in [4.69, 9.17) is 24.7 Å². The number of hydrogen-bond donors (Lipinski definition) is 4. The van der Waals surface area contributed by atoms with Gasteiger partial charge in [0.05, 0.1) is 33.0 Å². The number of carbonyl (C=O) groups excluding carboxylic acids is 3. The largest absolute Gasteiger partial charge is 0.379 e. The zero-order chi connectivity index (χ0) is 26.3. The molecule has 1 atom stereocenters. The minimum Gasteiger partial charge on any atom is -0.379 e. The van der Waals surface area contributed by atoms with Crippen molar-refractivity contribution >= 4 is 17.7 Å². The zero-order valence-electron chi connectivity index (χ0n) is 22.1. The highest BCUT2D eigenvalue weighted by molar-refractivity contribution is 5.86. The van der Waals surface area contributed by atoms with E-state index < -0.39 is 17.9 Å². The Morgan fingerprint density at radius 1 is 0.714 bits per heavy atom. The highest BCUT2D eigenvalue weighted by Crippen LogP contribution is 2.01. The normalized spacial score (nSPS) is 12.2. The molecule has 3 amide bonds. The average Bonchev–Trinajstić information content (AvgIpc) is 2.78. The van der Waals surface area contributed by atoms with Crippen molar-refractivity contribution in [2.75, 3.05) is 65.9 Å². The summed E-state index contributed by atoms with van der Waals surface area (Å²) in [6.45, 7) is 11.8. The van der Waals surface area contributed by atoms with Crippen molar-refractivity contribution in [1.82, 2.24) is 16.0 Å². The molecule has 11 heteroatoms. The Hall–Kier alpha value is -1.79. The minimum atomic E-state index is -0.702. The van der Waals surface area contributed by atoms with Gasteiger partial charge in [0, 0.05) is 19.2 Å². The lowest BCUT2D eigenvalue weighted by Gasteiger charge is -2.16. The average molecular weight is 505 g/mol. The lowest BCUT2D eigenvalue weighted by Crippen LogP contribution is -2.45. The van der Waals surface area contributed by atoms with Crippen LogP contribution in [0.3, 0.4) is 0 Å². The molecule has 0 radical (unpaired) electrons. The molecule has 0 bridgehead atoms. The van der Waals surface area contributed by atoms with Gasteiger partial charge < -0.3 is 40.6 Å². The second-order valence-electron chi connectivity index (χ2n) is 8.99. The first-order chi connectivity index (χ1) is 16.7. The molecule has 0 aromatic carbocycles. The molecule has 0 aromatic heterocycles. The molecule has 0 aliphatic heterocycles. The predicted molar refractivity (Wildman–Crippen MR) is 134 cm³/mol. The molecule has 35 heavy (non-hydrogen) atoms. The predicted octanol–water partition coefficient (Wildman–Crippen LogP) is 0.354. The molecule has 0 aliphatic rings. The van der Waals surface area contributed by atoms with E-state index in [1.165, 1.54) is 0 Å². The van der Waals surface area contributed by atoms with Crippen molar-refractivity contribution in [3.8, 4) is 0 Å². The number of unbranched alkanes of at least 4 members (excludes halogenated alkanes) is 1. The van der Waals surface area contributed by atoms with Crippen molar-refractivity contribution in [3.05, 3.63) is 0 Å². The third kappa shape index (κ3) is 23.7. The standard InChI is InChI=1S/C24H48N4O7/c1-19(2)8-11-32-13-15-34-17-22(29)27-10-12-33-14-16-35-18-23(30)28-21(24(25)31)7-5-6-9-26-20(3)4/h19-21,26H,5-18H2,1-4H3,(H2,25,31)(H,27,29)(H,28,30)/t21-/m0/s1. The minimum absolute atomic E-state index is 0.0209. The van der Waals surface area contributed by atoms with Crippen LogP contribution in [0.2, 0.25) is 0 Å². The molecule has 0 rings (SSSR count). The number of amides is 3. The van der Waals surface area contributed by atoms with Gasteiger partial charge in [-0.2, -0.15) is 0 Å². The maximum absolute atomic E-state index is 12.0. The first kappa shape index (κ1) is 33.2. The van der Waals surface area contributed by atoms with E-state index in [-0.39, 0.29) is 32.3 Å². The summed E-state index contributed by atoms with van der Waals surface area (Å²) in [6, 6.07) is -0.289. The Balaban J connectivity index is 3.61. The van der Waals surface area contributed by atoms with Crippen LogP contribution in [0.15, 0.2) is 0 Å². The maximum Gasteiger partial charge on any atom is 0.246 e. The monoisotopic (exact) mass is 504 g/mol. The van der Waals surface area contributed by atoms with Crippen LogP contribution >= 0.6 is 0 Å². The molecule has 0 heterocycles. The Kier molecular flexibility index (Phi) is 21.5. The van der Waals surface area contributed by atoms with Crippen molar-refractivity contribution < 1.29 is 33.3 Å². The van der Waals surface area contributed by atoms with E-state index in [1.54, 1.807) is 0 Å². The number of primary amides is 1. The van der Waals surface area contributed by atoms with Crippen LogP contribution in [-0.4, -0.2) is 95.7 Å². The highest BCUT2D eigenvalue weighted by Gasteiger charge is 2.17. The fourth-order valence-electron chi connectivity index (χ4n) is 2.79. The number of carbonyl (C=O) groups is 3. The molecule has 0 saturated heterocycles. The van der Waals surface area contributed by atoms with Crippen LogP contribution in [0.25, 0.3) is 0 Å². The lowest BCUT2D eigenvalue weighted by molar-refractivity contribution is -0.131. The van der Waals surface area contributed by atoms with Crippen molar-refractivity contribution in [2.45, 2.75) is 65.5 Å². The summed E-state index contributed by atoms with van der Waals surface area (Å²) < 4.78 is 21.3. The molecule has 0 aromatic rings. The van der Waals surface area contributed by atoms with E-state index in [0.29, 0.717) is 51.4 Å². The van der Waals surface area contributed by atoms with E-state index in [2.05, 4.69) is 43.6 Å². The van der Waals surface area contributed by atoms with Gasteiger partial charge in [-0.15, -0.1) is 0 Å². The molecule has 11 nitrogen and oxygen atoms in total. The second-order valence-corrected chi connectivity index (χ2v) is 8.99. The van der Waals surface area contributed by atoms with Crippen molar-refractivity contribution in [2.24, 2.45) is 11.7 Å². The van der Waals surface area contributed by atoms with Gasteiger partial charge in [0.2, 0.25) is 17.7 Å². The molecule has 0 saturated carbocycles. The Morgan fingerprint density at radius 3 is 1.91 bits per heavy atom. The molecule has 5 N–H and O–H groups in total. The summed E-state index contributed by atoms with van der Waals surface area (Å²) in [5.74, 6) is -0.565. The van der Waals surface area contributed by atoms with Crippen LogP contribution in [0.4, 0.5) is 0 Å². The second kappa shape index (κ2) is 22.7. The van der Waals surface area contributed by atoms with Crippen molar-refractivity contribution in [1.29, 1.82) is 0 Å². The topological polar surface area (TPSA) is 150 Å². The Labute approximate surface area is 210 Å². The fraction of sp³-hybridized carbons (Fsp3) is 0.875. The maximum atomic E-state index is 12.0. The molecule has 0 aliphatic carbocycles. The van der Waals surface area contributed by atoms with Crippen LogP contribution in [-0.2, 0) is 33.3 Å². The summed E-state index contributed by atoms with van der Waals surface area (Å²) in [6.07, 6.45) is 3.17. The first-order valence-corrected chi connectivity index (χ1v) is 12.6. The number of hydrogen-bond acceptors (Lipinski definition) is 8. The van der Waals surface area contributed by atoms with Gasteiger partial charge in [-0.25, -0.2) is 0 Å². The molecular weight excluding hydrogens is 456 g/mol. The number of nitrogens with one attached hydrogen (secondary N) is 3. The third-order valence-corrected chi connectivity index (χ3v) is 4.77. The number of rotatable bonds is 24. The van der Waals surface area contributed by atoms with Gasteiger partial charge in [-0.1, -0.05) is 27.7 Å². The highest BCUT2D eigenvalue weighted by atomic mass is 16.5. The van der Waals surface area contributed by atoms with Gasteiger partial charge in [-0.05, 0) is 38.1 Å². The van der Waals surface area contributed by atoms with Crippen LogP contribution in [0, 0.1) is 5.92 Å². The molecule has 0 unspecified atom stereocenters. The van der Waals surface area contributed by atoms with Gasteiger partial charge in [0.25, 0.3) is 0 Å². The Bertz CT molecular complexity index is 562. The number of ether oxygens (including phenoxy) is 4. The molecule has 0 spiro atoms. The summed E-state index contributed by atoms with van der Waals surface area (Å²) in [5, 5.41) is 8.60. The summed E-state index contributed by atoms with van der Waals surface area (Å²) >= 11 is 0. The van der Waals surface area contributed by atoms with Crippen LogP contribution in [0.1, 0.15) is 53.4 Å². The van der Waals surface area contributed by atoms with E-state index in [0.717, 1.165) is 25.8 Å². The van der Waals surface area contributed by atoms with E-state index in [1.807, 2.05) is 0 Å². The van der Waals surface area contributed by atoms with Gasteiger partial charge >= 0.3 is 0 Å². The Morgan fingerprint density at radius 2 is 1.31 bits per heavy atom. The fourth-order valence-corrected chi connectivity index (χ4v) is 2.79. The van der Waals surface area contributed by atoms with Gasteiger partial charge in [0.15, 0.2) is 0 Å². The molecule has 0 fully saturated rings. The lowest BCUT2D eigenvalue weighted by atomic mass is 10.1. The van der Waals surface area contributed by atoms with Crippen LogP contribution in [0.5, 0.6) is 0 Å². The quantitative estimate of drug-likeness (QED) is 0.138. The first-order valence-electron chi connectivity index (χ1n) is 12.6. The molecule has 206 valence electrons. The third-order valence-electron chi connectivity index (χ3n) is 4.77. The molecular formula is C24H48N4O7. The van der Waals surface area contributed by atoms with Crippen LogP contribution < -0.4 is 21.7 Å². The SMILES string of the molecule is CC(C)CCOCCOCC(=O)NCCOCCOCC(=O)N[C@@H](CCCCNC(C)C)C(N)=O. The summed E-state index contributed by atoms with van der Waals surface area (Å²) in [4.78, 5) is 35.2. The van der Waals surface area contributed by atoms with Crippen molar-refractivity contribution in [3.63, 3.8) is 0 Å². The van der Waals surface area contributed by atoms with Gasteiger partial charge in [0.1, 0.15) is 19.3 Å².